The van der Waals surface area contributed by atoms with E-state index in [1.165, 1.54) is 6.07 Å². The Labute approximate surface area is 195 Å². The Balaban J connectivity index is 1.58. The zero-order valence-corrected chi connectivity index (χ0v) is 20.0. The average Bonchev–Trinajstić information content (AvgIpc) is 3.09. The first-order valence-electron chi connectivity index (χ1n) is 10.3. The van der Waals surface area contributed by atoms with E-state index in [9.17, 15) is 18.0 Å². The second-order valence-electron chi connectivity index (χ2n) is 7.70. The molecule has 0 saturated carbocycles. The monoisotopic (exact) mass is 481 g/mol. The molecule has 0 aliphatic heterocycles. The minimum atomic E-state index is -3.79. The van der Waals surface area contributed by atoms with Crippen molar-refractivity contribution in [3.63, 3.8) is 0 Å². The maximum absolute atomic E-state index is 12.9. The van der Waals surface area contributed by atoms with Crippen molar-refractivity contribution in [1.29, 1.82) is 0 Å². The highest BCUT2D eigenvalue weighted by Crippen LogP contribution is 2.24. The molecular formula is C24H23N3O4S2. The normalized spacial score (nSPS) is 11.5. The number of hydrogen-bond acceptors (Lipinski definition) is 5. The molecule has 0 unspecified atom stereocenters. The van der Waals surface area contributed by atoms with E-state index in [4.69, 9.17) is 0 Å². The molecule has 0 radical (unpaired) electrons. The summed E-state index contributed by atoms with van der Waals surface area (Å²) in [7, 11) is -3.79. The SMILES string of the molecule is CCn1c(=O)sc2cc(NC(=O)c3ccc(C)c(NS(=O)(=O)c4ccc(C)cc4)c3)ccc21. The molecule has 170 valence electrons. The Hall–Kier alpha value is -3.43. The van der Waals surface area contributed by atoms with Crippen LogP contribution in [-0.4, -0.2) is 18.9 Å². The minimum Gasteiger partial charge on any atom is -0.322 e. The van der Waals surface area contributed by atoms with E-state index >= 15 is 0 Å². The van der Waals surface area contributed by atoms with Crippen LogP contribution in [0.4, 0.5) is 11.4 Å². The number of anilines is 2. The summed E-state index contributed by atoms with van der Waals surface area (Å²) in [6.07, 6.45) is 0. The Morgan fingerprint density at radius 1 is 1.00 bits per heavy atom. The number of benzene rings is 3. The van der Waals surface area contributed by atoms with E-state index in [1.54, 1.807) is 60.0 Å². The van der Waals surface area contributed by atoms with Gasteiger partial charge in [0, 0.05) is 17.8 Å². The molecule has 2 N–H and O–H groups in total. The zero-order valence-electron chi connectivity index (χ0n) is 18.4. The molecule has 0 saturated heterocycles. The van der Waals surface area contributed by atoms with Crippen LogP contribution in [0.1, 0.15) is 28.4 Å². The standard InChI is InChI=1S/C24H23N3O4S2/c1-4-27-21-12-9-18(14-22(21)32-24(27)29)25-23(28)17-8-7-16(3)20(13-17)26-33(30,31)19-10-5-15(2)6-11-19/h5-14,26H,4H2,1-3H3,(H,25,28). The molecule has 3 aromatic carbocycles. The van der Waals surface area contributed by atoms with Gasteiger partial charge in [-0.2, -0.15) is 0 Å². The van der Waals surface area contributed by atoms with E-state index in [0.717, 1.165) is 27.1 Å². The Kier molecular flexibility index (Phi) is 6.09. The highest BCUT2D eigenvalue weighted by atomic mass is 32.2. The average molecular weight is 482 g/mol. The van der Waals surface area contributed by atoms with Gasteiger partial charge in [0.1, 0.15) is 0 Å². The van der Waals surface area contributed by atoms with E-state index in [0.29, 0.717) is 29.0 Å². The quantitative estimate of drug-likeness (QED) is 0.415. The topological polar surface area (TPSA) is 97.3 Å². The number of thiazole rings is 1. The van der Waals surface area contributed by atoms with Gasteiger partial charge in [-0.1, -0.05) is 35.1 Å². The van der Waals surface area contributed by atoms with Crippen LogP contribution < -0.4 is 14.9 Å². The number of nitrogens with zero attached hydrogens (tertiary/aromatic N) is 1. The fraction of sp³-hybridized carbons (Fsp3) is 0.167. The molecule has 1 heterocycles. The summed E-state index contributed by atoms with van der Waals surface area (Å²) in [6, 6.07) is 16.7. The number of aromatic nitrogens is 1. The summed E-state index contributed by atoms with van der Waals surface area (Å²) < 4.78 is 30.6. The van der Waals surface area contributed by atoms with Gasteiger partial charge >= 0.3 is 4.87 Å². The highest BCUT2D eigenvalue weighted by molar-refractivity contribution is 7.92. The number of fused-ring (bicyclic) bond motifs is 1. The molecule has 9 heteroatoms. The minimum absolute atomic E-state index is 0.0417. The summed E-state index contributed by atoms with van der Waals surface area (Å²) in [4.78, 5) is 25.0. The van der Waals surface area contributed by atoms with Crippen LogP contribution in [0.3, 0.4) is 0 Å². The number of nitrogens with one attached hydrogen (secondary N) is 2. The smallest absolute Gasteiger partial charge is 0.308 e. The first kappa shape index (κ1) is 22.8. The number of amides is 1. The van der Waals surface area contributed by atoms with Crippen molar-refractivity contribution in [3.05, 3.63) is 87.0 Å². The van der Waals surface area contributed by atoms with Crippen LogP contribution in [0.25, 0.3) is 10.2 Å². The molecule has 33 heavy (non-hydrogen) atoms. The molecule has 1 amide bonds. The molecular weight excluding hydrogens is 458 g/mol. The molecule has 0 bridgehead atoms. The summed E-state index contributed by atoms with van der Waals surface area (Å²) in [5.41, 5.74) is 3.67. The lowest BCUT2D eigenvalue weighted by atomic mass is 10.1. The molecule has 4 aromatic rings. The highest BCUT2D eigenvalue weighted by Gasteiger charge is 2.17. The Morgan fingerprint density at radius 2 is 1.73 bits per heavy atom. The van der Waals surface area contributed by atoms with Crippen molar-refractivity contribution < 1.29 is 13.2 Å². The summed E-state index contributed by atoms with van der Waals surface area (Å²) in [5, 5.41) is 2.82. The third-order valence-corrected chi connectivity index (χ3v) is 7.64. The zero-order chi connectivity index (χ0) is 23.8. The fourth-order valence-electron chi connectivity index (χ4n) is 3.44. The lowest BCUT2D eigenvalue weighted by Gasteiger charge is -2.13. The maximum Gasteiger partial charge on any atom is 0.308 e. The Morgan fingerprint density at radius 3 is 2.42 bits per heavy atom. The summed E-state index contributed by atoms with van der Waals surface area (Å²) >= 11 is 1.13. The van der Waals surface area contributed by atoms with Gasteiger partial charge in [0.05, 0.1) is 20.8 Å². The molecule has 0 spiro atoms. The second-order valence-corrected chi connectivity index (χ2v) is 10.4. The van der Waals surface area contributed by atoms with E-state index in [2.05, 4.69) is 10.0 Å². The Bertz CT molecular complexity index is 1520. The summed E-state index contributed by atoms with van der Waals surface area (Å²) in [5.74, 6) is -0.382. The van der Waals surface area contributed by atoms with Gasteiger partial charge in [0.2, 0.25) is 0 Å². The van der Waals surface area contributed by atoms with Crippen LogP contribution >= 0.6 is 11.3 Å². The molecule has 1 aromatic heterocycles. The van der Waals surface area contributed by atoms with Crippen molar-refractivity contribution in [3.8, 4) is 0 Å². The van der Waals surface area contributed by atoms with Gasteiger partial charge in [-0.05, 0) is 68.8 Å². The lowest BCUT2D eigenvalue weighted by molar-refractivity contribution is 0.102. The van der Waals surface area contributed by atoms with Gasteiger partial charge in [0.25, 0.3) is 15.9 Å². The van der Waals surface area contributed by atoms with E-state index in [1.807, 2.05) is 19.9 Å². The second kappa shape index (κ2) is 8.84. The predicted octanol–water partition coefficient (Wildman–Crippen LogP) is 4.75. The van der Waals surface area contributed by atoms with Crippen molar-refractivity contribution in [2.45, 2.75) is 32.2 Å². The maximum atomic E-state index is 12.9. The number of carbonyl (C=O) groups is 1. The molecule has 0 aliphatic carbocycles. The van der Waals surface area contributed by atoms with Gasteiger partial charge in [-0.25, -0.2) is 8.42 Å². The van der Waals surface area contributed by atoms with Crippen LogP contribution in [0.2, 0.25) is 0 Å². The van der Waals surface area contributed by atoms with Gasteiger partial charge in [-0.3, -0.25) is 18.9 Å². The van der Waals surface area contributed by atoms with Gasteiger partial charge in [0.15, 0.2) is 0 Å². The van der Waals surface area contributed by atoms with Crippen LogP contribution in [0.15, 0.2) is 70.4 Å². The molecule has 0 atom stereocenters. The first-order chi connectivity index (χ1) is 15.7. The van der Waals surface area contributed by atoms with Gasteiger partial charge in [-0.15, -0.1) is 0 Å². The number of hydrogen-bond donors (Lipinski definition) is 2. The van der Waals surface area contributed by atoms with E-state index in [-0.39, 0.29) is 15.7 Å². The van der Waals surface area contributed by atoms with Crippen molar-refractivity contribution in [1.82, 2.24) is 4.57 Å². The number of rotatable bonds is 6. The van der Waals surface area contributed by atoms with Crippen LogP contribution in [0, 0.1) is 13.8 Å². The lowest BCUT2D eigenvalue weighted by Crippen LogP contribution is -2.16. The number of aryl methyl sites for hydroxylation is 3. The van der Waals surface area contributed by atoms with Crippen molar-refractivity contribution in [2.75, 3.05) is 10.0 Å². The predicted molar refractivity (Wildman–Crippen MR) is 133 cm³/mol. The summed E-state index contributed by atoms with van der Waals surface area (Å²) in [6.45, 7) is 6.14. The van der Waals surface area contributed by atoms with Crippen molar-refractivity contribution >= 4 is 48.9 Å². The molecule has 4 rings (SSSR count). The third kappa shape index (κ3) is 4.69. The van der Waals surface area contributed by atoms with E-state index < -0.39 is 10.0 Å². The number of sulfonamides is 1. The molecule has 7 nitrogen and oxygen atoms in total. The first-order valence-corrected chi connectivity index (χ1v) is 12.6. The van der Waals surface area contributed by atoms with Crippen molar-refractivity contribution in [2.24, 2.45) is 0 Å². The third-order valence-electron chi connectivity index (χ3n) is 5.32. The van der Waals surface area contributed by atoms with Crippen LogP contribution in [0.5, 0.6) is 0 Å². The van der Waals surface area contributed by atoms with Gasteiger partial charge < -0.3 is 5.32 Å². The molecule has 0 fully saturated rings. The fourth-order valence-corrected chi connectivity index (χ4v) is 5.56. The number of carbonyl (C=O) groups excluding carboxylic acids is 1. The molecule has 0 aliphatic rings. The van der Waals surface area contributed by atoms with Crippen LogP contribution in [-0.2, 0) is 16.6 Å². The largest absolute Gasteiger partial charge is 0.322 e.